The van der Waals surface area contributed by atoms with Crippen molar-refractivity contribution in [1.82, 2.24) is 0 Å². The van der Waals surface area contributed by atoms with Crippen LogP contribution in [0.2, 0.25) is 0 Å². The molecule has 0 saturated carbocycles. The summed E-state index contributed by atoms with van der Waals surface area (Å²) in [7, 11) is 0. The van der Waals surface area contributed by atoms with Crippen molar-refractivity contribution in [2.75, 3.05) is 13.2 Å². The maximum absolute atomic E-state index is 6.02. The van der Waals surface area contributed by atoms with E-state index in [-0.39, 0.29) is 12.4 Å². The molecule has 2 N–H and O–H groups in total. The highest BCUT2D eigenvalue weighted by Gasteiger charge is 2.08. The topological polar surface area (TPSA) is 44.5 Å². The van der Waals surface area contributed by atoms with Gasteiger partial charge in [0.25, 0.3) is 0 Å². The SMILES string of the molecule is Cl.NCCOc1ccc(-c2ccccc2)cc1OCc1ccccc1. The number of hydrogen-bond donors (Lipinski definition) is 1. The highest BCUT2D eigenvalue weighted by atomic mass is 35.5. The normalized spacial score (nSPS) is 9.96. The molecule has 4 heteroatoms. The predicted molar refractivity (Wildman–Crippen MR) is 104 cm³/mol. The van der Waals surface area contributed by atoms with Crippen molar-refractivity contribution in [3.8, 4) is 22.6 Å². The Kier molecular flexibility index (Phi) is 7.33. The second-order valence-corrected chi connectivity index (χ2v) is 5.44. The van der Waals surface area contributed by atoms with Crippen LogP contribution in [-0.2, 0) is 6.61 Å². The summed E-state index contributed by atoms with van der Waals surface area (Å²) >= 11 is 0. The first-order chi connectivity index (χ1) is 11.9. The Bertz CT molecular complexity index is 763. The Morgan fingerprint density at radius 3 is 2.04 bits per heavy atom. The Labute approximate surface area is 154 Å². The Hall–Kier alpha value is -2.49. The molecule has 0 aliphatic heterocycles. The first-order valence-electron chi connectivity index (χ1n) is 8.06. The number of hydrogen-bond acceptors (Lipinski definition) is 3. The highest BCUT2D eigenvalue weighted by Crippen LogP contribution is 2.33. The van der Waals surface area contributed by atoms with Crippen molar-refractivity contribution in [3.05, 3.63) is 84.4 Å². The third-order valence-electron chi connectivity index (χ3n) is 3.66. The zero-order valence-corrected chi connectivity index (χ0v) is 14.7. The van der Waals surface area contributed by atoms with Gasteiger partial charge in [-0.1, -0.05) is 66.7 Å². The first kappa shape index (κ1) is 18.8. The molecule has 3 aromatic carbocycles. The molecule has 0 heterocycles. The van der Waals surface area contributed by atoms with Gasteiger partial charge in [0, 0.05) is 6.54 Å². The largest absolute Gasteiger partial charge is 0.488 e. The minimum absolute atomic E-state index is 0. The summed E-state index contributed by atoms with van der Waals surface area (Å²) in [6.07, 6.45) is 0. The van der Waals surface area contributed by atoms with E-state index >= 15 is 0 Å². The van der Waals surface area contributed by atoms with Gasteiger partial charge in [0.05, 0.1) is 0 Å². The molecule has 0 bridgehead atoms. The van der Waals surface area contributed by atoms with Crippen LogP contribution in [0.4, 0.5) is 0 Å². The average Bonchev–Trinajstić information content (AvgIpc) is 2.66. The van der Waals surface area contributed by atoms with Crippen molar-refractivity contribution in [2.24, 2.45) is 5.73 Å². The average molecular weight is 356 g/mol. The van der Waals surface area contributed by atoms with E-state index in [1.807, 2.05) is 66.7 Å². The van der Waals surface area contributed by atoms with E-state index in [0.29, 0.717) is 19.8 Å². The van der Waals surface area contributed by atoms with E-state index in [0.717, 1.165) is 28.2 Å². The Morgan fingerprint density at radius 1 is 0.680 bits per heavy atom. The quantitative estimate of drug-likeness (QED) is 0.668. The van der Waals surface area contributed by atoms with Gasteiger partial charge in [-0.2, -0.15) is 0 Å². The summed E-state index contributed by atoms with van der Waals surface area (Å²) in [6.45, 7) is 1.43. The monoisotopic (exact) mass is 355 g/mol. The second kappa shape index (κ2) is 9.72. The summed E-state index contributed by atoms with van der Waals surface area (Å²) in [5.74, 6) is 1.45. The van der Waals surface area contributed by atoms with Crippen molar-refractivity contribution in [1.29, 1.82) is 0 Å². The molecule has 0 aromatic heterocycles. The van der Waals surface area contributed by atoms with Gasteiger partial charge in [-0.3, -0.25) is 0 Å². The number of rotatable bonds is 7. The van der Waals surface area contributed by atoms with Crippen molar-refractivity contribution >= 4 is 12.4 Å². The molecule has 25 heavy (non-hydrogen) atoms. The van der Waals surface area contributed by atoms with Crippen LogP contribution in [0.1, 0.15) is 5.56 Å². The van der Waals surface area contributed by atoms with Crippen LogP contribution in [0.5, 0.6) is 11.5 Å². The van der Waals surface area contributed by atoms with E-state index in [1.165, 1.54) is 0 Å². The van der Waals surface area contributed by atoms with Gasteiger partial charge in [-0.25, -0.2) is 0 Å². The Morgan fingerprint density at radius 2 is 1.36 bits per heavy atom. The molecule has 3 rings (SSSR count). The lowest BCUT2D eigenvalue weighted by Crippen LogP contribution is -2.11. The van der Waals surface area contributed by atoms with Gasteiger partial charge in [0.2, 0.25) is 0 Å². The molecule has 0 spiro atoms. The fourth-order valence-electron chi connectivity index (χ4n) is 2.45. The zero-order chi connectivity index (χ0) is 16.6. The number of ether oxygens (including phenoxy) is 2. The summed E-state index contributed by atoms with van der Waals surface area (Å²) in [5, 5.41) is 0. The Balaban J connectivity index is 0.00000225. The van der Waals surface area contributed by atoms with E-state index in [4.69, 9.17) is 15.2 Å². The molecule has 0 saturated heterocycles. The molecule has 0 atom stereocenters. The van der Waals surface area contributed by atoms with E-state index in [9.17, 15) is 0 Å². The van der Waals surface area contributed by atoms with Crippen LogP contribution in [0.15, 0.2) is 78.9 Å². The smallest absolute Gasteiger partial charge is 0.162 e. The molecule has 0 aliphatic carbocycles. The van der Waals surface area contributed by atoms with Crippen molar-refractivity contribution in [3.63, 3.8) is 0 Å². The minimum Gasteiger partial charge on any atom is -0.488 e. The van der Waals surface area contributed by atoms with Crippen LogP contribution in [0.3, 0.4) is 0 Å². The van der Waals surface area contributed by atoms with E-state index < -0.39 is 0 Å². The molecule has 3 nitrogen and oxygen atoms in total. The highest BCUT2D eigenvalue weighted by molar-refractivity contribution is 5.85. The van der Waals surface area contributed by atoms with Crippen molar-refractivity contribution < 1.29 is 9.47 Å². The van der Waals surface area contributed by atoms with Crippen molar-refractivity contribution in [2.45, 2.75) is 6.61 Å². The summed E-state index contributed by atoms with van der Waals surface area (Å²) < 4.78 is 11.7. The molecule has 0 amide bonds. The predicted octanol–water partition coefficient (Wildman–Crippen LogP) is 4.69. The second-order valence-electron chi connectivity index (χ2n) is 5.44. The van der Waals surface area contributed by atoms with Gasteiger partial charge in [0.15, 0.2) is 11.5 Å². The number of halogens is 1. The van der Waals surface area contributed by atoms with Gasteiger partial charge in [-0.15, -0.1) is 12.4 Å². The molecule has 0 aliphatic rings. The van der Waals surface area contributed by atoms with Crippen LogP contribution in [0.25, 0.3) is 11.1 Å². The summed E-state index contributed by atoms with van der Waals surface area (Å²) in [6, 6.07) is 26.3. The van der Waals surface area contributed by atoms with Gasteiger partial charge in [0.1, 0.15) is 13.2 Å². The summed E-state index contributed by atoms with van der Waals surface area (Å²) in [4.78, 5) is 0. The molecule has 0 fully saturated rings. The third kappa shape index (κ3) is 5.24. The number of benzene rings is 3. The lowest BCUT2D eigenvalue weighted by Gasteiger charge is -2.14. The molecular weight excluding hydrogens is 334 g/mol. The molecular formula is C21H22ClNO2. The van der Waals surface area contributed by atoms with Gasteiger partial charge in [-0.05, 0) is 28.8 Å². The maximum atomic E-state index is 6.02. The fraction of sp³-hybridized carbons (Fsp3) is 0.143. The molecule has 130 valence electrons. The minimum atomic E-state index is 0. The zero-order valence-electron chi connectivity index (χ0n) is 13.9. The maximum Gasteiger partial charge on any atom is 0.162 e. The summed E-state index contributed by atoms with van der Waals surface area (Å²) in [5.41, 5.74) is 8.91. The third-order valence-corrected chi connectivity index (χ3v) is 3.66. The standard InChI is InChI=1S/C21H21NO2.ClH/c22-13-14-23-20-12-11-19(18-9-5-2-6-10-18)15-21(20)24-16-17-7-3-1-4-8-17;/h1-12,15H,13-14,16,22H2;1H. The fourth-order valence-corrected chi connectivity index (χ4v) is 2.45. The van der Waals surface area contributed by atoms with Crippen LogP contribution >= 0.6 is 12.4 Å². The van der Waals surface area contributed by atoms with Crippen LogP contribution in [0, 0.1) is 0 Å². The molecule has 0 unspecified atom stereocenters. The lowest BCUT2D eigenvalue weighted by molar-refractivity contribution is 0.266. The van der Waals surface area contributed by atoms with Gasteiger partial charge >= 0.3 is 0 Å². The number of nitrogens with two attached hydrogens (primary N) is 1. The van der Waals surface area contributed by atoms with Crippen LogP contribution in [-0.4, -0.2) is 13.2 Å². The molecule has 3 aromatic rings. The van der Waals surface area contributed by atoms with E-state index in [1.54, 1.807) is 0 Å². The van der Waals surface area contributed by atoms with E-state index in [2.05, 4.69) is 12.1 Å². The van der Waals surface area contributed by atoms with Crippen LogP contribution < -0.4 is 15.2 Å². The molecule has 0 radical (unpaired) electrons. The first-order valence-corrected chi connectivity index (χ1v) is 8.06. The lowest BCUT2D eigenvalue weighted by atomic mass is 10.1. The van der Waals surface area contributed by atoms with Gasteiger partial charge < -0.3 is 15.2 Å².